The number of benzene rings is 1. The standard InChI is InChI=1S/C18H24N2O4/c1-18(2,3)24-17(22)20-9-13-14(10-20)15(13)19-16(21)23-11-12-7-5-4-6-8-12/h4-8,13-15H,9-11H2,1-3H3,(H,19,21)/t13-,14+,15+. The largest absolute Gasteiger partial charge is 0.445 e. The molecule has 0 spiro atoms. The monoisotopic (exact) mass is 332 g/mol. The molecule has 1 saturated heterocycles. The van der Waals surface area contributed by atoms with Crippen molar-refractivity contribution < 1.29 is 19.1 Å². The third-order valence-electron chi connectivity index (χ3n) is 4.34. The number of piperidine rings is 1. The van der Waals surface area contributed by atoms with Gasteiger partial charge in [0.25, 0.3) is 0 Å². The van der Waals surface area contributed by atoms with Gasteiger partial charge >= 0.3 is 12.2 Å². The van der Waals surface area contributed by atoms with Crippen LogP contribution in [0.15, 0.2) is 30.3 Å². The van der Waals surface area contributed by atoms with Crippen LogP contribution in [-0.2, 0) is 16.1 Å². The normalized spacial score (nSPS) is 25.0. The molecule has 1 aromatic rings. The number of hydrogen-bond acceptors (Lipinski definition) is 4. The maximum Gasteiger partial charge on any atom is 0.410 e. The first-order valence-electron chi connectivity index (χ1n) is 8.28. The Kier molecular flexibility index (Phi) is 4.39. The van der Waals surface area contributed by atoms with E-state index in [0.29, 0.717) is 24.9 Å². The van der Waals surface area contributed by atoms with Gasteiger partial charge in [0.05, 0.1) is 0 Å². The van der Waals surface area contributed by atoms with Crippen molar-refractivity contribution in [1.82, 2.24) is 10.2 Å². The van der Waals surface area contributed by atoms with E-state index in [1.54, 1.807) is 4.90 Å². The smallest absolute Gasteiger partial charge is 0.410 e. The summed E-state index contributed by atoms with van der Waals surface area (Å²) >= 11 is 0. The van der Waals surface area contributed by atoms with Crippen LogP contribution in [0.3, 0.4) is 0 Å². The molecular formula is C18H24N2O4. The number of rotatable bonds is 3. The van der Waals surface area contributed by atoms with Crippen LogP contribution < -0.4 is 5.32 Å². The number of nitrogens with zero attached hydrogens (tertiary/aromatic N) is 1. The Morgan fingerprint density at radius 3 is 2.38 bits per heavy atom. The van der Waals surface area contributed by atoms with Crippen molar-refractivity contribution in [2.24, 2.45) is 11.8 Å². The lowest BCUT2D eigenvalue weighted by molar-refractivity contribution is 0.0269. The minimum absolute atomic E-state index is 0.104. The van der Waals surface area contributed by atoms with Crippen molar-refractivity contribution in [1.29, 1.82) is 0 Å². The van der Waals surface area contributed by atoms with Gasteiger partial charge in [-0.1, -0.05) is 30.3 Å². The molecule has 1 N–H and O–H groups in total. The van der Waals surface area contributed by atoms with E-state index in [0.717, 1.165) is 5.56 Å². The summed E-state index contributed by atoms with van der Waals surface area (Å²) in [6.45, 7) is 7.09. The fourth-order valence-electron chi connectivity index (χ4n) is 3.12. The number of amides is 2. The number of ether oxygens (including phenoxy) is 2. The van der Waals surface area contributed by atoms with Crippen LogP contribution in [-0.4, -0.2) is 41.8 Å². The lowest BCUT2D eigenvalue weighted by Gasteiger charge is -2.26. The maximum atomic E-state index is 12.0. The zero-order valence-electron chi connectivity index (χ0n) is 14.3. The summed E-state index contributed by atoms with van der Waals surface area (Å²) in [5.41, 5.74) is 0.475. The molecule has 2 fully saturated rings. The molecule has 1 saturated carbocycles. The number of fused-ring (bicyclic) bond motifs is 1. The molecule has 1 aliphatic heterocycles. The number of hydrogen-bond donors (Lipinski definition) is 1. The van der Waals surface area contributed by atoms with Crippen molar-refractivity contribution in [2.75, 3.05) is 13.1 Å². The van der Waals surface area contributed by atoms with E-state index in [1.165, 1.54) is 0 Å². The molecule has 2 aliphatic rings. The van der Waals surface area contributed by atoms with Crippen LogP contribution in [0.4, 0.5) is 9.59 Å². The molecule has 0 aromatic heterocycles. The molecular weight excluding hydrogens is 308 g/mol. The molecule has 130 valence electrons. The average Bonchev–Trinajstić information content (AvgIpc) is 2.95. The van der Waals surface area contributed by atoms with Gasteiger partial charge in [-0.3, -0.25) is 0 Å². The van der Waals surface area contributed by atoms with Crippen LogP contribution in [0.25, 0.3) is 0 Å². The quantitative estimate of drug-likeness (QED) is 0.924. The molecule has 0 unspecified atom stereocenters. The Bertz CT molecular complexity index is 599. The molecule has 6 heteroatoms. The molecule has 0 bridgehead atoms. The molecule has 24 heavy (non-hydrogen) atoms. The molecule has 2 amide bonds. The number of likely N-dealkylation sites (tertiary alicyclic amines) is 1. The van der Waals surface area contributed by atoms with Crippen LogP contribution in [0.2, 0.25) is 0 Å². The van der Waals surface area contributed by atoms with Gasteiger partial charge in [-0.15, -0.1) is 0 Å². The number of nitrogens with one attached hydrogen (secondary N) is 1. The van der Waals surface area contributed by atoms with Gasteiger partial charge in [-0.25, -0.2) is 9.59 Å². The third-order valence-corrected chi connectivity index (χ3v) is 4.34. The van der Waals surface area contributed by atoms with Gasteiger partial charge in [0, 0.05) is 31.0 Å². The van der Waals surface area contributed by atoms with E-state index in [2.05, 4.69) is 5.32 Å². The zero-order chi connectivity index (χ0) is 17.3. The molecule has 3 atom stereocenters. The summed E-state index contributed by atoms with van der Waals surface area (Å²) in [5.74, 6) is 0.614. The summed E-state index contributed by atoms with van der Waals surface area (Å²) < 4.78 is 10.6. The molecule has 3 rings (SSSR count). The van der Waals surface area contributed by atoms with Gasteiger partial charge in [-0.2, -0.15) is 0 Å². The van der Waals surface area contributed by atoms with Gasteiger partial charge in [0.2, 0.25) is 0 Å². The number of carbonyl (C=O) groups is 2. The number of alkyl carbamates (subject to hydrolysis) is 1. The van der Waals surface area contributed by atoms with Crippen LogP contribution in [0, 0.1) is 11.8 Å². The second kappa shape index (κ2) is 6.34. The molecule has 0 radical (unpaired) electrons. The van der Waals surface area contributed by atoms with E-state index in [1.807, 2.05) is 51.1 Å². The Balaban J connectivity index is 1.38. The van der Waals surface area contributed by atoms with Crippen molar-refractivity contribution in [3.05, 3.63) is 35.9 Å². The van der Waals surface area contributed by atoms with Gasteiger partial charge in [0.15, 0.2) is 0 Å². The van der Waals surface area contributed by atoms with Gasteiger partial charge in [-0.05, 0) is 26.3 Å². The Labute approximate surface area is 142 Å². The van der Waals surface area contributed by atoms with E-state index in [-0.39, 0.29) is 18.7 Å². The predicted molar refractivity (Wildman–Crippen MR) is 88.3 cm³/mol. The average molecular weight is 332 g/mol. The first-order valence-corrected chi connectivity index (χ1v) is 8.28. The highest BCUT2D eigenvalue weighted by molar-refractivity contribution is 5.70. The van der Waals surface area contributed by atoms with Crippen molar-refractivity contribution in [3.8, 4) is 0 Å². The SMILES string of the molecule is CC(C)(C)OC(=O)N1C[C@@H]2[C@H](C1)[C@H]2NC(=O)OCc1ccccc1. The van der Waals surface area contributed by atoms with Crippen molar-refractivity contribution in [2.45, 2.75) is 39.0 Å². The summed E-state index contributed by atoms with van der Waals surface area (Å²) in [6.07, 6.45) is -0.679. The third kappa shape index (κ3) is 3.99. The first-order chi connectivity index (χ1) is 11.3. The second-order valence-electron chi connectivity index (χ2n) is 7.44. The lowest BCUT2D eigenvalue weighted by Crippen LogP contribution is -2.40. The fraction of sp³-hybridized carbons (Fsp3) is 0.556. The topological polar surface area (TPSA) is 67.9 Å². The highest BCUT2D eigenvalue weighted by Gasteiger charge is 2.58. The van der Waals surface area contributed by atoms with E-state index in [9.17, 15) is 9.59 Å². The van der Waals surface area contributed by atoms with Crippen LogP contribution in [0.1, 0.15) is 26.3 Å². The minimum Gasteiger partial charge on any atom is -0.445 e. The summed E-state index contributed by atoms with van der Waals surface area (Å²) in [5, 5.41) is 2.89. The highest BCUT2D eigenvalue weighted by Crippen LogP contribution is 2.45. The summed E-state index contributed by atoms with van der Waals surface area (Å²) in [7, 11) is 0. The van der Waals surface area contributed by atoms with E-state index < -0.39 is 11.7 Å². The molecule has 6 nitrogen and oxygen atoms in total. The Morgan fingerprint density at radius 2 is 1.79 bits per heavy atom. The summed E-state index contributed by atoms with van der Waals surface area (Å²) in [4.78, 5) is 25.6. The molecule has 1 heterocycles. The molecule has 1 aromatic carbocycles. The van der Waals surface area contributed by atoms with E-state index >= 15 is 0 Å². The Morgan fingerprint density at radius 1 is 1.17 bits per heavy atom. The summed E-state index contributed by atoms with van der Waals surface area (Å²) in [6, 6.07) is 9.67. The molecule has 1 aliphatic carbocycles. The van der Waals surface area contributed by atoms with Gasteiger partial charge in [0.1, 0.15) is 12.2 Å². The van der Waals surface area contributed by atoms with Crippen LogP contribution in [0.5, 0.6) is 0 Å². The number of carbonyl (C=O) groups excluding carboxylic acids is 2. The Hall–Kier alpha value is -2.24. The van der Waals surface area contributed by atoms with E-state index in [4.69, 9.17) is 9.47 Å². The predicted octanol–water partition coefficient (Wildman–Crippen LogP) is 2.78. The lowest BCUT2D eigenvalue weighted by atomic mass is 10.2. The minimum atomic E-state index is -0.483. The van der Waals surface area contributed by atoms with Gasteiger partial charge < -0.3 is 19.7 Å². The van der Waals surface area contributed by atoms with Crippen molar-refractivity contribution in [3.63, 3.8) is 0 Å². The van der Waals surface area contributed by atoms with Crippen molar-refractivity contribution >= 4 is 12.2 Å². The zero-order valence-corrected chi connectivity index (χ0v) is 14.3. The second-order valence-corrected chi connectivity index (χ2v) is 7.44. The maximum absolute atomic E-state index is 12.0. The first kappa shape index (κ1) is 16.6. The fourth-order valence-corrected chi connectivity index (χ4v) is 3.12. The van der Waals surface area contributed by atoms with Crippen LogP contribution >= 0.6 is 0 Å². The highest BCUT2D eigenvalue weighted by atomic mass is 16.6.